The molecular weight excluding hydrogens is 386 g/mol. The fraction of sp³-hybridized carbons (Fsp3) is 0.474. The minimum Gasteiger partial charge on any atom is -0.451 e. The van der Waals surface area contributed by atoms with Gasteiger partial charge in [-0.3, -0.25) is 19.3 Å². The molecule has 28 heavy (non-hydrogen) atoms. The summed E-state index contributed by atoms with van der Waals surface area (Å²) in [5.41, 5.74) is -0.232. The van der Waals surface area contributed by atoms with Crippen molar-refractivity contribution in [1.29, 1.82) is 0 Å². The van der Waals surface area contributed by atoms with E-state index in [-0.39, 0.29) is 12.5 Å². The number of nitrogens with one attached hydrogen (secondary N) is 2. The number of carbonyl (C=O) groups excluding carboxylic acids is 4. The van der Waals surface area contributed by atoms with Gasteiger partial charge >= 0.3 is 12.0 Å². The van der Waals surface area contributed by atoms with Crippen LogP contribution in [0, 0.1) is 5.92 Å². The van der Waals surface area contributed by atoms with Gasteiger partial charge in [-0.05, 0) is 44.2 Å². The third-order valence-electron chi connectivity index (χ3n) is 5.07. The average Bonchev–Trinajstić information content (AvgIpc) is 3.47. The van der Waals surface area contributed by atoms with Gasteiger partial charge in [-0.2, -0.15) is 0 Å². The Kier molecular flexibility index (Phi) is 5.60. The summed E-state index contributed by atoms with van der Waals surface area (Å²) in [6.07, 6.45) is 0.651. The van der Waals surface area contributed by atoms with Crippen molar-refractivity contribution in [3.63, 3.8) is 0 Å². The minimum absolute atomic E-state index is 0.0967. The summed E-state index contributed by atoms with van der Waals surface area (Å²) in [5, 5.41) is 5.81. The van der Waals surface area contributed by atoms with E-state index in [1.54, 1.807) is 31.2 Å². The Hall–Kier alpha value is -2.61. The van der Waals surface area contributed by atoms with Gasteiger partial charge in [0.1, 0.15) is 12.1 Å². The molecular formula is C19H22ClN3O5. The zero-order valence-corrected chi connectivity index (χ0v) is 16.4. The molecule has 2 N–H and O–H groups in total. The van der Waals surface area contributed by atoms with E-state index in [9.17, 15) is 19.2 Å². The van der Waals surface area contributed by atoms with Gasteiger partial charge in [-0.15, -0.1) is 0 Å². The maximum Gasteiger partial charge on any atom is 0.327 e. The van der Waals surface area contributed by atoms with Gasteiger partial charge in [0, 0.05) is 11.6 Å². The van der Waals surface area contributed by atoms with Gasteiger partial charge < -0.3 is 15.4 Å². The van der Waals surface area contributed by atoms with Gasteiger partial charge in [0.15, 0.2) is 6.10 Å². The summed E-state index contributed by atoms with van der Waals surface area (Å²) >= 11 is 6.03. The largest absolute Gasteiger partial charge is 0.451 e. The molecule has 1 saturated carbocycles. The summed E-state index contributed by atoms with van der Waals surface area (Å²) in [6.45, 7) is 2.74. The van der Waals surface area contributed by atoms with Crippen molar-refractivity contribution in [2.45, 2.75) is 44.9 Å². The fourth-order valence-corrected chi connectivity index (χ4v) is 3.38. The topological polar surface area (TPSA) is 105 Å². The maximum atomic E-state index is 12.5. The Morgan fingerprint density at radius 2 is 2.04 bits per heavy atom. The Morgan fingerprint density at radius 1 is 1.36 bits per heavy atom. The smallest absolute Gasteiger partial charge is 0.327 e. The quantitative estimate of drug-likeness (QED) is 0.527. The third-order valence-corrected chi connectivity index (χ3v) is 5.44. The molecule has 3 rings (SSSR count). The van der Waals surface area contributed by atoms with E-state index in [1.165, 1.54) is 6.92 Å². The summed E-state index contributed by atoms with van der Waals surface area (Å²) in [6, 6.07) is 6.44. The van der Waals surface area contributed by atoms with Crippen molar-refractivity contribution in [2.24, 2.45) is 5.92 Å². The molecule has 2 aliphatic rings. The number of benzene rings is 1. The predicted molar refractivity (Wildman–Crippen MR) is 100 cm³/mol. The zero-order chi connectivity index (χ0) is 20.5. The van der Waals surface area contributed by atoms with E-state index >= 15 is 0 Å². The SMILES string of the molecule is C[C@@H](OC(=O)CN1C(=O)N[C@](C)(C2CC2)C1=O)C(=O)NCc1ccccc1Cl. The van der Waals surface area contributed by atoms with Crippen LogP contribution in [0.4, 0.5) is 4.79 Å². The van der Waals surface area contributed by atoms with Crippen LogP contribution in [0.1, 0.15) is 32.3 Å². The van der Waals surface area contributed by atoms with Gasteiger partial charge in [-0.1, -0.05) is 29.8 Å². The van der Waals surface area contributed by atoms with Gasteiger partial charge in [-0.25, -0.2) is 4.79 Å². The molecule has 0 spiro atoms. The van der Waals surface area contributed by atoms with Crippen LogP contribution in [0.3, 0.4) is 0 Å². The van der Waals surface area contributed by atoms with Crippen molar-refractivity contribution in [2.75, 3.05) is 6.54 Å². The molecule has 1 aliphatic heterocycles. The number of hydrogen-bond donors (Lipinski definition) is 2. The predicted octanol–water partition coefficient (Wildman–Crippen LogP) is 1.61. The fourth-order valence-electron chi connectivity index (χ4n) is 3.18. The van der Waals surface area contributed by atoms with Crippen LogP contribution in [-0.2, 0) is 25.7 Å². The molecule has 0 aromatic heterocycles. The standard InChI is InChI=1S/C19H22ClN3O5/c1-11(16(25)21-9-12-5-3-4-6-14(12)20)28-15(24)10-23-17(26)19(2,13-7-8-13)22-18(23)27/h3-6,11,13H,7-10H2,1-2H3,(H,21,25)(H,22,27)/t11-,19-/m1/s1. The lowest BCUT2D eigenvalue weighted by Crippen LogP contribution is -2.46. The first-order chi connectivity index (χ1) is 13.2. The minimum atomic E-state index is -1.08. The highest BCUT2D eigenvalue weighted by molar-refractivity contribution is 6.31. The lowest BCUT2D eigenvalue weighted by atomic mass is 9.96. The van der Waals surface area contributed by atoms with Crippen LogP contribution in [0.15, 0.2) is 24.3 Å². The molecule has 9 heteroatoms. The number of carbonyl (C=O) groups is 4. The Morgan fingerprint density at radius 3 is 2.68 bits per heavy atom. The van der Waals surface area contributed by atoms with E-state index in [0.717, 1.165) is 23.3 Å². The van der Waals surface area contributed by atoms with Crippen molar-refractivity contribution >= 4 is 35.4 Å². The highest BCUT2D eigenvalue weighted by atomic mass is 35.5. The van der Waals surface area contributed by atoms with Crippen molar-refractivity contribution < 1.29 is 23.9 Å². The highest BCUT2D eigenvalue weighted by Crippen LogP contribution is 2.42. The molecule has 0 bridgehead atoms. The van der Waals surface area contributed by atoms with Crippen molar-refractivity contribution in [3.05, 3.63) is 34.9 Å². The Labute approximate surface area is 167 Å². The van der Waals surface area contributed by atoms with Gasteiger partial charge in [0.05, 0.1) is 0 Å². The molecule has 2 fully saturated rings. The summed E-state index contributed by atoms with van der Waals surface area (Å²) < 4.78 is 5.08. The molecule has 1 aromatic carbocycles. The van der Waals surface area contributed by atoms with E-state index in [1.807, 2.05) is 0 Å². The molecule has 150 valence electrons. The van der Waals surface area contributed by atoms with E-state index < -0.39 is 42.0 Å². The monoisotopic (exact) mass is 407 g/mol. The molecule has 2 atom stereocenters. The second kappa shape index (κ2) is 7.79. The maximum absolute atomic E-state index is 12.5. The number of nitrogens with zero attached hydrogens (tertiary/aromatic N) is 1. The van der Waals surface area contributed by atoms with Crippen LogP contribution in [0.2, 0.25) is 5.02 Å². The molecule has 0 radical (unpaired) electrons. The number of urea groups is 1. The normalized spacial score (nSPS) is 22.6. The number of halogens is 1. The van der Waals surface area contributed by atoms with Crippen LogP contribution in [0.5, 0.6) is 0 Å². The van der Waals surface area contributed by atoms with E-state index in [4.69, 9.17) is 16.3 Å². The molecule has 8 nitrogen and oxygen atoms in total. The number of amides is 4. The van der Waals surface area contributed by atoms with Gasteiger partial charge in [0.2, 0.25) is 0 Å². The Bertz CT molecular complexity index is 826. The molecule has 1 heterocycles. The molecule has 1 aromatic rings. The lowest BCUT2D eigenvalue weighted by molar-refractivity contribution is -0.156. The van der Waals surface area contributed by atoms with E-state index in [0.29, 0.717) is 5.02 Å². The number of hydrogen-bond acceptors (Lipinski definition) is 5. The van der Waals surface area contributed by atoms with Crippen LogP contribution < -0.4 is 10.6 Å². The first-order valence-corrected chi connectivity index (χ1v) is 9.45. The molecule has 0 unspecified atom stereocenters. The first-order valence-electron chi connectivity index (χ1n) is 9.07. The number of rotatable bonds is 7. The molecule has 1 saturated heterocycles. The number of imide groups is 1. The van der Waals surface area contributed by atoms with Crippen LogP contribution >= 0.6 is 11.6 Å². The van der Waals surface area contributed by atoms with Crippen LogP contribution in [0.25, 0.3) is 0 Å². The highest BCUT2D eigenvalue weighted by Gasteiger charge is 2.56. The second-order valence-corrected chi connectivity index (χ2v) is 7.65. The van der Waals surface area contributed by atoms with Crippen molar-refractivity contribution in [3.8, 4) is 0 Å². The lowest BCUT2D eigenvalue weighted by Gasteiger charge is -2.21. The summed E-state index contributed by atoms with van der Waals surface area (Å²) in [5.74, 6) is -1.68. The number of esters is 1. The molecule has 1 aliphatic carbocycles. The average molecular weight is 408 g/mol. The van der Waals surface area contributed by atoms with Crippen molar-refractivity contribution in [1.82, 2.24) is 15.5 Å². The second-order valence-electron chi connectivity index (χ2n) is 7.24. The van der Waals surface area contributed by atoms with E-state index in [2.05, 4.69) is 10.6 Å². The number of ether oxygens (including phenoxy) is 1. The first kappa shape index (κ1) is 20.1. The zero-order valence-electron chi connectivity index (χ0n) is 15.7. The van der Waals surface area contributed by atoms with Crippen LogP contribution in [-0.4, -0.2) is 46.9 Å². The summed E-state index contributed by atoms with van der Waals surface area (Å²) in [7, 11) is 0. The summed E-state index contributed by atoms with van der Waals surface area (Å²) in [4.78, 5) is 49.7. The Balaban J connectivity index is 1.50. The molecule has 4 amide bonds. The van der Waals surface area contributed by atoms with Gasteiger partial charge in [0.25, 0.3) is 11.8 Å². The third kappa shape index (κ3) is 4.11.